The van der Waals surface area contributed by atoms with E-state index in [0.29, 0.717) is 11.9 Å². The molecule has 1 aromatic heterocycles. The van der Waals surface area contributed by atoms with Gasteiger partial charge in [0.25, 0.3) is 0 Å². The molecule has 0 N–H and O–H groups in total. The number of rotatable bonds is 5. The molecule has 33 heavy (non-hydrogen) atoms. The van der Waals surface area contributed by atoms with Gasteiger partial charge in [0.05, 0.1) is 13.2 Å². The summed E-state index contributed by atoms with van der Waals surface area (Å²) < 4.78 is 5.46. The van der Waals surface area contributed by atoms with Gasteiger partial charge in [-0.25, -0.2) is 9.97 Å². The van der Waals surface area contributed by atoms with Crippen LogP contribution in [0.25, 0.3) is 0 Å². The largest absolute Gasteiger partial charge is 0.378 e. The van der Waals surface area contributed by atoms with Gasteiger partial charge in [-0.3, -0.25) is 4.79 Å². The minimum Gasteiger partial charge on any atom is -0.378 e. The lowest BCUT2D eigenvalue weighted by Crippen LogP contribution is -2.49. The number of carbonyl (C=O) groups is 1. The molecule has 2 aromatic rings. The fourth-order valence-corrected chi connectivity index (χ4v) is 5.45. The first-order chi connectivity index (χ1) is 16.3. The number of benzene rings is 1. The van der Waals surface area contributed by atoms with Crippen molar-refractivity contribution in [1.82, 2.24) is 14.9 Å². The van der Waals surface area contributed by atoms with Crippen molar-refractivity contribution in [2.24, 2.45) is 5.92 Å². The predicted molar refractivity (Wildman–Crippen MR) is 129 cm³/mol. The summed E-state index contributed by atoms with van der Waals surface area (Å²) in [7, 11) is 0. The van der Waals surface area contributed by atoms with E-state index in [1.54, 1.807) is 6.33 Å². The Balaban J connectivity index is 1.19. The number of hydrogen-bond acceptors (Lipinski definition) is 6. The van der Waals surface area contributed by atoms with Gasteiger partial charge in [-0.15, -0.1) is 0 Å². The maximum absolute atomic E-state index is 13.5. The van der Waals surface area contributed by atoms with Crippen LogP contribution < -0.4 is 9.80 Å². The highest BCUT2D eigenvalue weighted by atomic mass is 16.5. The maximum Gasteiger partial charge on any atom is 0.226 e. The van der Waals surface area contributed by atoms with E-state index in [1.807, 2.05) is 0 Å². The lowest BCUT2D eigenvalue weighted by molar-refractivity contribution is -0.140. The molecular weight excluding hydrogens is 414 g/mol. The molecule has 3 saturated heterocycles. The third kappa shape index (κ3) is 5.29. The number of nitrogens with zero attached hydrogens (tertiary/aromatic N) is 5. The van der Waals surface area contributed by atoms with Crippen molar-refractivity contribution < 1.29 is 9.53 Å². The first-order valence-corrected chi connectivity index (χ1v) is 12.5. The van der Waals surface area contributed by atoms with E-state index in [-0.39, 0.29) is 5.92 Å². The molecule has 7 heteroatoms. The number of amides is 1. The van der Waals surface area contributed by atoms with Gasteiger partial charge >= 0.3 is 0 Å². The van der Waals surface area contributed by atoms with Crippen molar-refractivity contribution in [3.63, 3.8) is 0 Å². The third-order valence-electron chi connectivity index (χ3n) is 7.37. The number of piperidine rings is 2. The monoisotopic (exact) mass is 449 g/mol. The molecule has 0 radical (unpaired) electrons. The molecule has 5 rings (SSSR count). The number of hydrogen-bond donors (Lipinski definition) is 0. The van der Waals surface area contributed by atoms with Crippen molar-refractivity contribution in [3.8, 4) is 0 Å². The van der Waals surface area contributed by atoms with E-state index in [1.165, 1.54) is 12.0 Å². The zero-order valence-electron chi connectivity index (χ0n) is 19.4. The molecule has 3 aliphatic rings. The minimum atomic E-state index is 0.123. The summed E-state index contributed by atoms with van der Waals surface area (Å²) >= 11 is 0. The highest BCUT2D eigenvalue weighted by Gasteiger charge is 2.34. The first-order valence-electron chi connectivity index (χ1n) is 12.5. The predicted octanol–water partition coefficient (Wildman–Crippen LogP) is 3.15. The summed E-state index contributed by atoms with van der Waals surface area (Å²) in [6.07, 6.45) is 7.88. The Labute approximate surface area is 196 Å². The Morgan fingerprint density at radius 2 is 1.58 bits per heavy atom. The topological polar surface area (TPSA) is 61.8 Å². The highest BCUT2D eigenvalue weighted by molar-refractivity contribution is 5.79. The van der Waals surface area contributed by atoms with Crippen molar-refractivity contribution in [2.75, 3.05) is 55.7 Å². The van der Waals surface area contributed by atoms with Crippen molar-refractivity contribution >= 4 is 17.5 Å². The SMILES string of the molecule is O=C(C1CCN(c2cc(N3CCOCC3)ncn2)CC1)N1CCCCC1Cc1ccccc1. The van der Waals surface area contributed by atoms with Gasteiger partial charge < -0.3 is 19.4 Å². The molecule has 1 aromatic carbocycles. The van der Waals surface area contributed by atoms with Crippen molar-refractivity contribution in [3.05, 3.63) is 48.3 Å². The zero-order chi connectivity index (χ0) is 22.5. The van der Waals surface area contributed by atoms with Crippen LogP contribution in [0, 0.1) is 5.92 Å². The van der Waals surface area contributed by atoms with E-state index in [0.717, 1.165) is 89.7 Å². The van der Waals surface area contributed by atoms with Crippen LogP contribution in [-0.2, 0) is 16.0 Å². The normalized spacial score (nSPS) is 22.4. The van der Waals surface area contributed by atoms with E-state index >= 15 is 0 Å². The maximum atomic E-state index is 13.5. The van der Waals surface area contributed by atoms with Crippen LogP contribution >= 0.6 is 0 Å². The van der Waals surface area contributed by atoms with Crippen LogP contribution in [0.2, 0.25) is 0 Å². The average molecular weight is 450 g/mol. The second-order valence-electron chi connectivity index (χ2n) is 9.47. The molecule has 0 spiro atoms. The van der Waals surface area contributed by atoms with E-state index in [4.69, 9.17) is 4.74 Å². The van der Waals surface area contributed by atoms with E-state index in [2.05, 4.69) is 61.1 Å². The second kappa shape index (κ2) is 10.5. The molecule has 0 bridgehead atoms. The summed E-state index contributed by atoms with van der Waals surface area (Å²) in [6.45, 7) is 5.87. The molecule has 3 fully saturated rings. The fourth-order valence-electron chi connectivity index (χ4n) is 5.45. The number of anilines is 2. The number of aromatic nitrogens is 2. The molecule has 7 nitrogen and oxygen atoms in total. The number of likely N-dealkylation sites (tertiary alicyclic amines) is 1. The van der Waals surface area contributed by atoms with E-state index in [9.17, 15) is 4.79 Å². The number of morpholine rings is 1. The highest BCUT2D eigenvalue weighted by Crippen LogP contribution is 2.29. The van der Waals surface area contributed by atoms with Crippen LogP contribution in [-0.4, -0.2) is 72.8 Å². The Bertz CT molecular complexity index is 910. The quantitative estimate of drug-likeness (QED) is 0.699. The lowest BCUT2D eigenvalue weighted by Gasteiger charge is -2.40. The summed E-state index contributed by atoms with van der Waals surface area (Å²) in [5.74, 6) is 2.43. The second-order valence-corrected chi connectivity index (χ2v) is 9.47. The van der Waals surface area contributed by atoms with Gasteiger partial charge in [-0.1, -0.05) is 30.3 Å². The zero-order valence-corrected chi connectivity index (χ0v) is 19.4. The van der Waals surface area contributed by atoms with Crippen molar-refractivity contribution in [2.45, 2.75) is 44.6 Å². The smallest absolute Gasteiger partial charge is 0.226 e. The Hall–Kier alpha value is -2.67. The molecular formula is C26H35N5O2. The van der Waals surface area contributed by atoms with Gasteiger partial charge in [-0.05, 0) is 44.1 Å². The van der Waals surface area contributed by atoms with E-state index < -0.39 is 0 Å². The van der Waals surface area contributed by atoms with Crippen LogP contribution in [0.1, 0.15) is 37.7 Å². The lowest BCUT2D eigenvalue weighted by atomic mass is 9.90. The average Bonchev–Trinajstić information content (AvgIpc) is 2.90. The van der Waals surface area contributed by atoms with Crippen LogP contribution in [0.3, 0.4) is 0 Å². The summed E-state index contributed by atoms with van der Waals surface area (Å²) in [4.78, 5) is 29.3. The molecule has 3 aliphatic heterocycles. The minimum absolute atomic E-state index is 0.123. The van der Waals surface area contributed by atoms with Gasteiger partial charge in [-0.2, -0.15) is 0 Å². The molecule has 0 aliphatic carbocycles. The molecule has 1 unspecified atom stereocenters. The first kappa shape index (κ1) is 22.1. The number of ether oxygens (including phenoxy) is 1. The number of carbonyl (C=O) groups excluding carboxylic acids is 1. The van der Waals surface area contributed by atoms with Crippen molar-refractivity contribution in [1.29, 1.82) is 0 Å². The van der Waals surface area contributed by atoms with Gasteiger partial charge in [0.2, 0.25) is 5.91 Å². The Kier molecular flexibility index (Phi) is 7.05. The molecule has 176 valence electrons. The summed E-state index contributed by atoms with van der Waals surface area (Å²) in [5, 5.41) is 0. The van der Waals surface area contributed by atoms with Gasteiger partial charge in [0, 0.05) is 50.7 Å². The standard InChI is InChI=1S/C26H35N5O2/c32-26(31-11-5-4-8-23(31)18-21-6-2-1-3-7-21)22-9-12-29(13-10-22)24-19-25(28-20-27-24)30-14-16-33-17-15-30/h1-3,6-7,19-20,22-23H,4-5,8-18H2. The van der Waals surface area contributed by atoms with Gasteiger partial charge in [0.15, 0.2) is 0 Å². The fraction of sp³-hybridized carbons (Fsp3) is 0.577. The molecule has 4 heterocycles. The van der Waals surface area contributed by atoms with Gasteiger partial charge in [0.1, 0.15) is 18.0 Å². The summed E-state index contributed by atoms with van der Waals surface area (Å²) in [6, 6.07) is 13.0. The third-order valence-corrected chi connectivity index (χ3v) is 7.37. The Morgan fingerprint density at radius 3 is 2.30 bits per heavy atom. The molecule has 1 atom stereocenters. The van der Waals surface area contributed by atoms with Crippen LogP contribution in [0.15, 0.2) is 42.7 Å². The van der Waals surface area contributed by atoms with Crippen LogP contribution in [0.5, 0.6) is 0 Å². The molecule has 1 amide bonds. The summed E-state index contributed by atoms with van der Waals surface area (Å²) in [5.41, 5.74) is 1.33. The molecule has 0 saturated carbocycles. The van der Waals surface area contributed by atoms with Crippen LogP contribution in [0.4, 0.5) is 11.6 Å². The Morgan fingerprint density at radius 1 is 0.879 bits per heavy atom.